The van der Waals surface area contributed by atoms with Gasteiger partial charge in [0.25, 0.3) is 0 Å². The van der Waals surface area contributed by atoms with Gasteiger partial charge in [0.1, 0.15) is 12.4 Å². The molecule has 3 heteroatoms. The first-order valence-corrected chi connectivity index (χ1v) is 6.93. The van der Waals surface area contributed by atoms with Crippen LogP contribution < -0.4 is 10.5 Å². The van der Waals surface area contributed by atoms with Gasteiger partial charge in [-0.05, 0) is 63.5 Å². The molecule has 1 saturated heterocycles. The van der Waals surface area contributed by atoms with E-state index >= 15 is 0 Å². The van der Waals surface area contributed by atoms with Crippen LogP contribution in [-0.4, -0.2) is 37.2 Å². The van der Waals surface area contributed by atoms with Crippen LogP contribution in [0.2, 0.25) is 0 Å². The molecular weight excluding hydrogens is 224 g/mol. The van der Waals surface area contributed by atoms with E-state index in [0.717, 1.165) is 25.3 Å². The van der Waals surface area contributed by atoms with Crippen molar-refractivity contribution in [3.8, 4) is 5.75 Å². The zero-order valence-corrected chi connectivity index (χ0v) is 11.3. The minimum atomic E-state index is 0.470. The van der Waals surface area contributed by atoms with Gasteiger partial charge in [0, 0.05) is 6.04 Å². The summed E-state index contributed by atoms with van der Waals surface area (Å²) in [4.78, 5) is 2.52. The maximum absolute atomic E-state index is 5.92. The van der Waals surface area contributed by atoms with Crippen LogP contribution in [-0.2, 0) is 0 Å². The van der Waals surface area contributed by atoms with Crippen LogP contribution in [0.3, 0.4) is 0 Å². The quantitative estimate of drug-likeness (QED) is 0.838. The Kier molecular flexibility index (Phi) is 5.02. The largest absolute Gasteiger partial charge is 0.492 e. The molecule has 3 nitrogen and oxygen atoms in total. The van der Waals surface area contributed by atoms with E-state index in [2.05, 4.69) is 24.0 Å². The molecule has 2 rings (SSSR count). The normalized spacial score (nSPS) is 17.9. The van der Waals surface area contributed by atoms with Crippen molar-refractivity contribution in [1.29, 1.82) is 0 Å². The maximum atomic E-state index is 5.92. The molecular formula is C15H24N2O. The second kappa shape index (κ2) is 6.76. The van der Waals surface area contributed by atoms with Gasteiger partial charge in [0.05, 0.1) is 0 Å². The fraction of sp³-hybridized carbons (Fsp3) is 0.600. The Morgan fingerprint density at radius 3 is 2.78 bits per heavy atom. The number of ether oxygens (including phenoxy) is 1. The summed E-state index contributed by atoms with van der Waals surface area (Å²) < 4.78 is 5.92. The molecule has 0 bridgehead atoms. The molecule has 2 N–H and O–H groups in total. The Morgan fingerprint density at radius 2 is 2.11 bits per heavy atom. The predicted octanol–water partition coefficient (Wildman–Crippen LogP) is 2.19. The summed E-state index contributed by atoms with van der Waals surface area (Å²) in [5, 5.41) is 0. The summed E-state index contributed by atoms with van der Waals surface area (Å²) in [6.45, 7) is 5.97. The third-order valence-corrected chi connectivity index (χ3v) is 3.59. The van der Waals surface area contributed by atoms with E-state index in [4.69, 9.17) is 10.5 Å². The van der Waals surface area contributed by atoms with Crippen LogP contribution in [0.1, 0.15) is 24.8 Å². The highest BCUT2D eigenvalue weighted by molar-refractivity contribution is 5.27. The number of nitrogens with two attached hydrogens (primary N) is 1. The van der Waals surface area contributed by atoms with Gasteiger partial charge in [0.2, 0.25) is 0 Å². The molecule has 1 aliphatic rings. The number of benzene rings is 1. The molecule has 1 aliphatic heterocycles. The predicted molar refractivity (Wildman–Crippen MR) is 74.9 cm³/mol. The lowest BCUT2D eigenvalue weighted by molar-refractivity contribution is 0.154. The third kappa shape index (κ3) is 3.72. The Bertz CT molecular complexity index is 361. The highest BCUT2D eigenvalue weighted by Crippen LogP contribution is 2.17. The van der Waals surface area contributed by atoms with E-state index in [0.29, 0.717) is 6.04 Å². The zero-order valence-electron chi connectivity index (χ0n) is 11.3. The van der Waals surface area contributed by atoms with Crippen molar-refractivity contribution < 1.29 is 4.74 Å². The summed E-state index contributed by atoms with van der Waals surface area (Å²) in [5.41, 5.74) is 6.95. The number of nitrogens with zero attached hydrogens (tertiary/aromatic N) is 1. The van der Waals surface area contributed by atoms with Crippen LogP contribution in [0.5, 0.6) is 5.75 Å². The Labute approximate surface area is 110 Å². The zero-order chi connectivity index (χ0) is 12.8. The van der Waals surface area contributed by atoms with Gasteiger partial charge in [-0.25, -0.2) is 0 Å². The smallest absolute Gasteiger partial charge is 0.119 e. The van der Waals surface area contributed by atoms with Crippen molar-refractivity contribution in [2.75, 3.05) is 26.2 Å². The van der Waals surface area contributed by atoms with Gasteiger partial charge in [-0.3, -0.25) is 4.90 Å². The molecule has 1 aromatic rings. The molecule has 0 aliphatic carbocycles. The number of hydrogen-bond acceptors (Lipinski definition) is 3. The fourth-order valence-corrected chi connectivity index (χ4v) is 2.57. The van der Waals surface area contributed by atoms with E-state index in [1.54, 1.807) is 0 Å². The molecule has 100 valence electrons. The Hall–Kier alpha value is -1.06. The second-order valence-corrected chi connectivity index (χ2v) is 5.10. The van der Waals surface area contributed by atoms with E-state index in [9.17, 15) is 0 Å². The highest BCUT2D eigenvalue weighted by atomic mass is 16.5. The second-order valence-electron chi connectivity index (χ2n) is 5.10. The van der Waals surface area contributed by atoms with E-state index in [-0.39, 0.29) is 0 Å². The minimum Gasteiger partial charge on any atom is -0.492 e. The van der Waals surface area contributed by atoms with Gasteiger partial charge >= 0.3 is 0 Å². The highest BCUT2D eigenvalue weighted by Gasteiger charge is 2.21. The molecule has 1 atom stereocenters. The average Bonchev–Trinajstić information content (AvgIpc) is 2.88. The molecule has 0 aromatic heterocycles. The van der Waals surface area contributed by atoms with Gasteiger partial charge in [-0.1, -0.05) is 12.1 Å². The van der Waals surface area contributed by atoms with Crippen molar-refractivity contribution in [3.05, 3.63) is 29.8 Å². The van der Waals surface area contributed by atoms with Crippen LogP contribution in [0.15, 0.2) is 24.3 Å². The van der Waals surface area contributed by atoms with Crippen LogP contribution in [0, 0.1) is 6.92 Å². The van der Waals surface area contributed by atoms with E-state index in [1.807, 2.05) is 12.1 Å². The van der Waals surface area contributed by atoms with Crippen LogP contribution in [0.25, 0.3) is 0 Å². The number of rotatable bonds is 6. The summed E-state index contributed by atoms with van der Waals surface area (Å²) in [7, 11) is 0. The summed E-state index contributed by atoms with van der Waals surface area (Å²) >= 11 is 0. The summed E-state index contributed by atoms with van der Waals surface area (Å²) in [6, 6.07) is 8.71. The fourth-order valence-electron chi connectivity index (χ4n) is 2.57. The third-order valence-electron chi connectivity index (χ3n) is 3.59. The van der Waals surface area contributed by atoms with Crippen LogP contribution >= 0.6 is 0 Å². The molecule has 1 fully saturated rings. The van der Waals surface area contributed by atoms with Crippen molar-refractivity contribution in [2.24, 2.45) is 5.73 Å². The number of hydrogen-bond donors (Lipinski definition) is 1. The van der Waals surface area contributed by atoms with E-state index in [1.165, 1.54) is 31.5 Å². The molecule has 18 heavy (non-hydrogen) atoms. The minimum absolute atomic E-state index is 0.470. The lowest BCUT2D eigenvalue weighted by Crippen LogP contribution is -2.39. The molecule has 1 unspecified atom stereocenters. The summed E-state index contributed by atoms with van der Waals surface area (Å²) in [5.74, 6) is 0.969. The first-order chi connectivity index (χ1) is 8.79. The molecule has 0 saturated carbocycles. The van der Waals surface area contributed by atoms with Gasteiger partial charge < -0.3 is 10.5 Å². The Balaban J connectivity index is 1.88. The standard InChI is InChI=1S/C15H24N2O/c1-13-5-4-6-15(11-13)18-12-14(7-8-16)17-9-2-3-10-17/h4-6,11,14H,2-3,7-10,12,16H2,1H3. The van der Waals surface area contributed by atoms with Crippen molar-refractivity contribution in [1.82, 2.24) is 4.90 Å². The molecule has 0 spiro atoms. The Morgan fingerprint density at radius 1 is 1.33 bits per heavy atom. The number of likely N-dealkylation sites (tertiary alicyclic amines) is 1. The molecule has 1 heterocycles. The number of aryl methyl sites for hydroxylation is 1. The average molecular weight is 248 g/mol. The summed E-state index contributed by atoms with van der Waals surface area (Å²) in [6.07, 6.45) is 3.64. The topological polar surface area (TPSA) is 38.5 Å². The van der Waals surface area contributed by atoms with Crippen molar-refractivity contribution in [3.63, 3.8) is 0 Å². The van der Waals surface area contributed by atoms with Crippen LogP contribution in [0.4, 0.5) is 0 Å². The molecule has 0 amide bonds. The maximum Gasteiger partial charge on any atom is 0.119 e. The molecule has 0 radical (unpaired) electrons. The first-order valence-electron chi connectivity index (χ1n) is 6.93. The van der Waals surface area contributed by atoms with Crippen molar-refractivity contribution in [2.45, 2.75) is 32.2 Å². The first kappa shape index (κ1) is 13.4. The lowest BCUT2D eigenvalue weighted by Gasteiger charge is -2.27. The van der Waals surface area contributed by atoms with E-state index < -0.39 is 0 Å². The van der Waals surface area contributed by atoms with Crippen molar-refractivity contribution >= 4 is 0 Å². The van der Waals surface area contributed by atoms with Gasteiger partial charge in [0.15, 0.2) is 0 Å². The molecule has 1 aromatic carbocycles. The lowest BCUT2D eigenvalue weighted by atomic mass is 10.2. The van der Waals surface area contributed by atoms with Gasteiger partial charge in [-0.2, -0.15) is 0 Å². The van der Waals surface area contributed by atoms with Gasteiger partial charge in [-0.15, -0.1) is 0 Å². The monoisotopic (exact) mass is 248 g/mol. The SMILES string of the molecule is Cc1cccc(OCC(CCN)N2CCCC2)c1.